The summed E-state index contributed by atoms with van der Waals surface area (Å²) < 4.78 is 0. The number of benzene rings is 3. The molecule has 3 aromatic carbocycles. The summed E-state index contributed by atoms with van der Waals surface area (Å²) in [5.74, 6) is 0. The first-order chi connectivity index (χ1) is 13.8. The van der Waals surface area contributed by atoms with Gasteiger partial charge in [0.25, 0.3) is 0 Å². The maximum absolute atomic E-state index is 4.07. The van der Waals surface area contributed by atoms with Crippen molar-refractivity contribution < 1.29 is 0 Å². The van der Waals surface area contributed by atoms with Gasteiger partial charge in [-0.25, -0.2) is 0 Å². The Hall–Kier alpha value is -2.26. The molecular formula is C26H26P2. The van der Waals surface area contributed by atoms with Crippen LogP contribution >= 0.6 is 15.8 Å². The maximum Gasteiger partial charge on any atom is -0.0195 e. The van der Waals surface area contributed by atoms with E-state index in [1.807, 2.05) is 12.2 Å². The van der Waals surface area contributed by atoms with E-state index in [-0.39, 0.29) is 7.92 Å². The Bertz CT molecular complexity index is 859. The third-order valence-corrected chi connectivity index (χ3v) is 9.97. The Labute approximate surface area is 171 Å². The van der Waals surface area contributed by atoms with Crippen LogP contribution in [0.25, 0.3) is 0 Å². The van der Waals surface area contributed by atoms with Crippen LogP contribution in [0.5, 0.6) is 0 Å². The number of hydrogen-bond donors (Lipinski definition) is 0. The van der Waals surface area contributed by atoms with Crippen LogP contribution in [0, 0.1) is 0 Å². The Morgan fingerprint density at radius 1 is 0.643 bits per heavy atom. The van der Waals surface area contributed by atoms with Gasteiger partial charge in [0, 0.05) is 0 Å². The fraction of sp³-hybridized carbons (Fsp3) is 0.0769. The van der Waals surface area contributed by atoms with Gasteiger partial charge < -0.3 is 0 Å². The molecule has 0 aliphatic carbocycles. The highest BCUT2D eigenvalue weighted by Crippen LogP contribution is 2.47. The molecule has 0 nitrogen and oxygen atoms in total. The normalized spacial score (nSPS) is 12.5. The lowest BCUT2D eigenvalue weighted by atomic mass is 10.4. The molecule has 0 bridgehead atoms. The summed E-state index contributed by atoms with van der Waals surface area (Å²) in [7, 11) is -0.834. The lowest BCUT2D eigenvalue weighted by Gasteiger charge is -2.24. The SMILES string of the molecule is C=C/C=C(\C=C)P(CCP(c1ccccc1)c1ccccc1)c1ccccc1. The minimum Gasteiger partial charge on any atom is -0.0990 e. The third kappa shape index (κ3) is 5.39. The Morgan fingerprint density at radius 3 is 1.54 bits per heavy atom. The molecule has 0 heterocycles. The second-order valence-corrected chi connectivity index (χ2v) is 11.0. The van der Waals surface area contributed by atoms with E-state index in [1.165, 1.54) is 21.2 Å². The van der Waals surface area contributed by atoms with Crippen LogP contribution in [0.2, 0.25) is 0 Å². The predicted molar refractivity (Wildman–Crippen MR) is 130 cm³/mol. The summed E-state index contributed by atoms with van der Waals surface area (Å²) in [5.41, 5.74) is 0. The quantitative estimate of drug-likeness (QED) is 0.297. The third-order valence-electron chi connectivity index (χ3n) is 4.56. The molecule has 0 saturated carbocycles. The van der Waals surface area contributed by atoms with Crippen molar-refractivity contribution in [2.75, 3.05) is 12.3 Å². The average molecular weight is 400 g/mol. The van der Waals surface area contributed by atoms with Crippen molar-refractivity contribution in [2.45, 2.75) is 0 Å². The van der Waals surface area contributed by atoms with Crippen molar-refractivity contribution in [1.82, 2.24) is 0 Å². The Kier molecular flexibility index (Phi) is 7.98. The lowest BCUT2D eigenvalue weighted by molar-refractivity contribution is 1.50. The summed E-state index contributed by atoms with van der Waals surface area (Å²) in [6, 6.07) is 32.8. The van der Waals surface area contributed by atoms with Crippen molar-refractivity contribution in [3.8, 4) is 0 Å². The molecule has 28 heavy (non-hydrogen) atoms. The highest BCUT2D eigenvalue weighted by Gasteiger charge is 2.19. The standard InChI is InChI=1S/C26H26P2/c1-3-14-23(4-2)27(24-15-8-5-9-16-24)21-22-28(25-17-10-6-11-18-25)26-19-12-7-13-20-26/h3-20H,1-2,21-22H2/b23-14+. The molecule has 3 aromatic rings. The van der Waals surface area contributed by atoms with E-state index in [0.717, 1.165) is 12.3 Å². The van der Waals surface area contributed by atoms with Crippen LogP contribution in [0.15, 0.2) is 128 Å². The minimum atomic E-state index is -0.450. The molecule has 0 aliphatic rings. The fourth-order valence-electron chi connectivity index (χ4n) is 3.23. The van der Waals surface area contributed by atoms with Crippen LogP contribution in [0.3, 0.4) is 0 Å². The van der Waals surface area contributed by atoms with Crippen molar-refractivity contribution in [2.24, 2.45) is 0 Å². The molecule has 0 aromatic heterocycles. The molecule has 2 heteroatoms. The molecule has 0 aliphatic heterocycles. The fourth-order valence-corrected chi connectivity index (χ4v) is 8.56. The van der Waals surface area contributed by atoms with Crippen LogP contribution in [-0.2, 0) is 0 Å². The van der Waals surface area contributed by atoms with E-state index in [9.17, 15) is 0 Å². The van der Waals surface area contributed by atoms with Gasteiger partial charge in [-0.1, -0.05) is 122 Å². The van der Waals surface area contributed by atoms with Gasteiger partial charge in [-0.15, -0.1) is 0 Å². The topological polar surface area (TPSA) is 0 Å². The summed E-state index contributed by atoms with van der Waals surface area (Å²) >= 11 is 0. The van der Waals surface area contributed by atoms with E-state index in [0.29, 0.717) is 0 Å². The van der Waals surface area contributed by atoms with Gasteiger partial charge in [0.05, 0.1) is 0 Å². The van der Waals surface area contributed by atoms with E-state index in [4.69, 9.17) is 0 Å². The van der Waals surface area contributed by atoms with Crippen LogP contribution in [-0.4, -0.2) is 12.3 Å². The zero-order valence-electron chi connectivity index (χ0n) is 16.1. The number of hydrogen-bond acceptors (Lipinski definition) is 0. The predicted octanol–water partition coefficient (Wildman–Crippen LogP) is 6.18. The molecule has 3 rings (SSSR count). The van der Waals surface area contributed by atoms with E-state index in [2.05, 4.69) is 110 Å². The van der Waals surface area contributed by atoms with Gasteiger partial charge in [0.2, 0.25) is 0 Å². The first-order valence-corrected chi connectivity index (χ1v) is 12.5. The Morgan fingerprint density at radius 2 is 1.11 bits per heavy atom. The van der Waals surface area contributed by atoms with Crippen LogP contribution in [0.1, 0.15) is 0 Å². The van der Waals surface area contributed by atoms with Gasteiger partial charge in [0.15, 0.2) is 0 Å². The first-order valence-electron chi connectivity index (χ1n) is 9.49. The molecule has 0 amide bonds. The maximum atomic E-state index is 4.07. The van der Waals surface area contributed by atoms with Crippen LogP contribution < -0.4 is 15.9 Å². The highest BCUT2D eigenvalue weighted by molar-refractivity contribution is 7.75. The molecule has 1 unspecified atom stereocenters. The van der Waals surface area contributed by atoms with Gasteiger partial charge in [0.1, 0.15) is 0 Å². The molecule has 0 N–H and O–H groups in total. The zero-order chi connectivity index (χ0) is 19.6. The second-order valence-electron chi connectivity index (χ2n) is 6.34. The molecule has 140 valence electrons. The first kappa shape index (κ1) is 20.5. The van der Waals surface area contributed by atoms with Crippen molar-refractivity contribution in [1.29, 1.82) is 0 Å². The van der Waals surface area contributed by atoms with Crippen LogP contribution in [0.4, 0.5) is 0 Å². The summed E-state index contributed by atoms with van der Waals surface area (Å²) in [6.45, 7) is 7.98. The van der Waals surface area contributed by atoms with Crippen molar-refractivity contribution in [3.05, 3.63) is 128 Å². The summed E-state index contributed by atoms with van der Waals surface area (Å²) in [6.07, 6.45) is 8.31. The molecule has 0 saturated heterocycles. The lowest BCUT2D eigenvalue weighted by Crippen LogP contribution is -2.16. The molecule has 0 spiro atoms. The minimum absolute atomic E-state index is 0.384. The summed E-state index contributed by atoms with van der Waals surface area (Å²) in [5, 5.41) is 5.59. The molecule has 0 radical (unpaired) electrons. The largest absolute Gasteiger partial charge is 0.0990 e. The van der Waals surface area contributed by atoms with Gasteiger partial charge in [-0.3, -0.25) is 0 Å². The Balaban J connectivity index is 1.91. The van der Waals surface area contributed by atoms with Crippen molar-refractivity contribution >= 4 is 31.8 Å². The number of rotatable bonds is 9. The average Bonchev–Trinajstić information content (AvgIpc) is 2.77. The molecule has 0 fully saturated rings. The van der Waals surface area contributed by atoms with E-state index < -0.39 is 7.92 Å². The second kappa shape index (κ2) is 10.9. The van der Waals surface area contributed by atoms with Gasteiger partial charge in [-0.2, -0.15) is 0 Å². The highest BCUT2D eigenvalue weighted by atomic mass is 31.1. The van der Waals surface area contributed by atoms with Gasteiger partial charge >= 0.3 is 0 Å². The van der Waals surface area contributed by atoms with E-state index >= 15 is 0 Å². The molecule has 1 atom stereocenters. The van der Waals surface area contributed by atoms with E-state index in [1.54, 1.807) is 0 Å². The molecular weight excluding hydrogens is 374 g/mol. The summed E-state index contributed by atoms with van der Waals surface area (Å²) in [4.78, 5) is 0. The van der Waals surface area contributed by atoms with Crippen molar-refractivity contribution in [3.63, 3.8) is 0 Å². The smallest absolute Gasteiger partial charge is 0.0195 e. The zero-order valence-corrected chi connectivity index (χ0v) is 17.9. The number of allylic oxidation sites excluding steroid dienone is 4. The monoisotopic (exact) mass is 400 g/mol. The van der Waals surface area contributed by atoms with Gasteiger partial charge in [-0.05, 0) is 49.4 Å².